The van der Waals surface area contributed by atoms with Crippen molar-refractivity contribution >= 4 is 11.8 Å². The fourth-order valence-electron chi connectivity index (χ4n) is 3.14. The maximum atomic E-state index is 12.6. The van der Waals surface area contributed by atoms with Crippen LogP contribution in [0.2, 0.25) is 0 Å². The van der Waals surface area contributed by atoms with Gasteiger partial charge in [0.25, 0.3) is 0 Å². The lowest BCUT2D eigenvalue weighted by Crippen LogP contribution is -2.59. The summed E-state index contributed by atoms with van der Waals surface area (Å²) in [5.74, 6) is 0.387. The van der Waals surface area contributed by atoms with Crippen molar-refractivity contribution in [1.82, 2.24) is 15.5 Å². The molecule has 2 rings (SSSR count). The topological polar surface area (TPSA) is 61.4 Å². The predicted octanol–water partition coefficient (Wildman–Crippen LogP) is 0.503. The predicted molar refractivity (Wildman–Crippen MR) is 73.6 cm³/mol. The maximum absolute atomic E-state index is 12.6. The summed E-state index contributed by atoms with van der Waals surface area (Å²) in [6.45, 7) is 4.35. The fraction of sp³-hybridized carbons (Fsp3) is 0.857. The minimum atomic E-state index is -0.391. The van der Waals surface area contributed by atoms with Gasteiger partial charge < -0.3 is 15.5 Å². The van der Waals surface area contributed by atoms with Crippen LogP contribution in [0.3, 0.4) is 0 Å². The average molecular weight is 267 g/mol. The lowest BCUT2D eigenvalue weighted by Gasteiger charge is -2.40. The summed E-state index contributed by atoms with van der Waals surface area (Å²) < 4.78 is 0. The molecule has 19 heavy (non-hydrogen) atoms. The zero-order valence-corrected chi connectivity index (χ0v) is 12.0. The first kappa shape index (κ1) is 14.3. The summed E-state index contributed by atoms with van der Waals surface area (Å²) in [5.41, 5.74) is -0.391. The van der Waals surface area contributed by atoms with Crippen molar-refractivity contribution in [3.63, 3.8) is 0 Å². The van der Waals surface area contributed by atoms with E-state index in [9.17, 15) is 9.59 Å². The van der Waals surface area contributed by atoms with E-state index in [1.54, 1.807) is 7.05 Å². The molecular formula is C14H25N3O2. The first-order valence-electron chi connectivity index (χ1n) is 7.33. The van der Waals surface area contributed by atoms with Crippen LogP contribution in [0, 0.1) is 5.92 Å². The van der Waals surface area contributed by atoms with Gasteiger partial charge in [-0.25, -0.2) is 0 Å². The van der Waals surface area contributed by atoms with E-state index < -0.39 is 5.54 Å². The highest BCUT2D eigenvalue weighted by atomic mass is 16.2. The molecule has 2 amide bonds. The van der Waals surface area contributed by atoms with E-state index in [-0.39, 0.29) is 17.7 Å². The molecule has 0 aromatic carbocycles. The first-order valence-corrected chi connectivity index (χ1v) is 7.33. The van der Waals surface area contributed by atoms with Gasteiger partial charge in [-0.2, -0.15) is 0 Å². The van der Waals surface area contributed by atoms with Gasteiger partial charge >= 0.3 is 0 Å². The highest BCUT2D eigenvalue weighted by molar-refractivity contribution is 5.86. The molecule has 2 N–H and O–H groups in total. The summed E-state index contributed by atoms with van der Waals surface area (Å²) in [5, 5.41) is 6.06. The van der Waals surface area contributed by atoms with E-state index in [2.05, 4.69) is 10.6 Å². The molecule has 0 spiro atoms. The van der Waals surface area contributed by atoms with Gasteiger partial charge in [0, 0.05) is 26.1 Å². The Balaban J connectivity index is 1.90. The number of carbonyl (C=O) groups is 2. The number of piperidine rings is 2. The Morgan fingerprint density at radius 2 is 1.95 bits per heavy atom. The van der Waals surface area contributed by atoms with Crippen molar-refractivity contribution in [3.05, 3.63) is 0 Å². The molecule has 0 aliphatic carbocycles. The van der Waals surface area contributed by atoms with Crippen molar-refractivity contribution in [1.29, 1.82) is 0 Å². The molecule has 2 aliphatic rings. The normalized spacial score (nSPS) is 29.1. The fourth-order valence-corrected chi connectivity index (χ4v) is 3.14. The molecule has 108 valence electrons. The van der Waals surface area contributed by atoms with Gasteiger partial charge in [-0.3, -0.25) is 9.59 Å². The van der Waals surface area contributed by atoms with Crippen LogP contribution in [0.1, 0.15) is 39.0 Å². The number of nitrogens with zero attached hydrogens (tertiary/aromatic N) is 1. The molecular weight excluding hydrogens is 242 g/mol. The molecule has 1 atom stereocenters. The van der Waals surface area contributed by atoms with Crippen molar-refractivity contribution in [2.75, 3.05) is 26.7 Å². The molecule has 0 aromatic rings. The molecule has 2 aliphatic heterocycles. The number of likely N-dealkylation sites (tertiary alicyclic amines) is 1. The summed E-state index contributed by atoms with van der Waals surface area (Å²) >= 11 is 0. The minimum absolute atomic E-state index is 0.0705. The Labute approximate surface area is 115 Å². The quantitative estimate of drug-likeness (QED) is 0.766. The molecule has 5 heteroatoms. The van der Waals surface area contributed by atoms with Crippen molar-refractivity contribution in [2.45, 2.75) is 44.6 Å². The van der Waals surface area contributed by atoms with Crippen LogP contribution < -0.4 is 10.6 Å². The summed E-state index contributed by atoms with van der Waals surface area (Å²) in [4.78, 5) is 26.1. The smallest absolute Gasteiger partial charge is 0.242 e. The van der Waals surface area contributed by atoms with Crippen molar-refractivity contribution in [3.8, 4) is 0 Å². The zero-order chi connectivity index (χ0) is 13.9. The Kier molecular flexibility index (Phi) is 4.45. The summed E-state index contributed by atoms with van der Waals surface area (Å²) in [6, 6.07) is 0. The van der Waals surface area contributed by atoms with E-state index in [0.717, 1.165) is 38.6 Å². The lowest BCUT2D eigenvalue weighted by atomic mass is 9.88. The molecule has 2 heterocycles. The van der Waals surface area contributed by atoms with E-state index in [1.807, 2.05) is 11.8 Å². The molecule has 0 aromatic heterocycles. The second kappa shape index (κ2) is 5.90. The number of hydrogen-bond acceptors (Lipinski definition) is 3. The van der Waals surface area contributed by atoms with Crippen LogP contribution >= 0.6 is 0 Å². The van der Waals surface area contributed by atoms with Gasteiger partial charge in [0.1, 0.15) is 0 Å². The molecule has 0 radical (unpaired) electrons. The minimum Gasteiger partial charge on any atom is -0.359 e. The zero-order valence-electron chi connectivity index (χ0n) is 12.0. The Hall–Kier alpha value is -1.10. The lowest BCUT2D eigenvalue weighted by molar-refractivity contribution is -0.141. The molecule has 2 saturated heterocycles. The Bertz CT molecular complexity index is 343. The van der Waals surface area contributed by atoms with Crippen molar-refractivity contribution in [2.24, 2.45) is 5.92 Å². The average Bonchev–Trinajstić information content (AvgIpc) is 2.46. The number of hydrogen-bond donors (Lipinski definition) is 2. The second-order valence-corrected chi connectivity index (χ2v) is 5.90. The maximum Gasteiger partial charge on any atom is 0.242 e. The van der Waals surface area contributed by atoms with Gasteiger partial charge in [0.05, 0.1) is 5.54 Å². The van der Waals surface area contributed by atoms with E-state index in [0.29, 0.717) is 13.1 Å². The molecule has 1 unspecified atom stereocenters. The van der Waals surface area contributed by atoms with E-state index in [1.165, 1.54) is 0 Å². The number of amides is 2. The van der Waals surface area contributed by atoms with Crippen LogP contribution in [-0.4, -0.2) is 48.9 Å². The number of rotatable bonds is 2. The third kappa shape index (κ3) is 3.08. The highest BCUT2D eigenvalue weighted by Gasteiger charge is 2.39. The molecule has 0 bridgehead atoms. The van der Waals surface area contributed by atoms with Gasteiger partial charge in [-0.1, -0.05) is 0 Å². The third-order valence-electron chi connectivity index (χ3n) is 4.49. The van der Waals surface area contributed by atoms with Gasteiger partial charge in [-0.15, -0.1) is 0 Å². The van der Waals surface area contributed by atoms with Crippen molar-refractivity contribution < 1.29 is 9.59 Å². The van der Waals surface area contributed by atoms with E-state index in [4.69, 9.17) is 0 Å². The Morgan fingerprint density at radius 1 is 1.26 bits per heavy atom. The van der Waals surface area contributed by atoms with Crippen LogP contribution in [0.25, 0.3) is 0 Å². The largest absolute Gasteiger partial charge is 0.359 e. The molecule has 2 fully saturated rings. The molecule has 0 saturated carbocycles. The van der Waals surface area contributed by atoms with Gasteiger partial charge in [0.15, 0.2) is 0 Å². The van der Waals surface area contributed by atoms with Gasteiger partial charge in [0.2, 0.25) is 11.8 Å². The monoisotopic (exact) mass is 267 g/mol. The number of carbonyl (C=O) groups excluding carboxylic acids is 2. The van der Waals surface area contributed by atoms with Crippen LogP contribution in [0.15, 0.2) is 0 Å². The summed E-state index contributed by atoms with van der Waals surface area (Å²) in [7, 11) is 1.67. The Morgan fingerprint density at radius 3 is 2.47 bits per heavy atom. The first-order chi connectivity index (χ1) is 9.07. The van der Waals surface area contributed by atoms with Crippen LogP contribution in [-0.2, 0) is 9.59 Å². The van der Waals surface area contributed by atoms with Crippen LogP contribution in [0.5, 0.6) is 0 Å². The molecule has 5 nitrogen and oxygen atoms in total. The van der Waals surface area contributed by atoms with E-state index >= 15 is 0 Å². The SMILES string of the molecule is CNC(=O)C1CCN(C(=O)C2(C)CCCCN2)CC1. The van der Waals surface area contributed by atoms with Crippen LogP contribution in [0.4, 0.5) is 0 Å². The standard InChI is InChI=1S/C14H25N3O2/c1-14(7-3-4-8-16-14)13(19)17-9-5-11(6-10-17)12(18)15-2/h11,16H,3-10H2,1-2H3,(H,15,18). The van der Waals surface area contributed by atoms with Gasteiger partial charge in [-0.05, 0) is 45.6 Å². The third-order valence-corrected chi connectivity index (χ3v) is 4.49. The second-order valence-electron chi connectivity index (χ2n) is 5.90. The highest BCUT2D eigenvalue weighted by Crippen LogP contribution is 2.25. The number of nitrogens with one attached hydrogen (secondary N) is 2. The summed E-state index contributed by atoms with van der Waals surface area (Å²) in [6.07, 6.45) is 4.75.